The van der Waals surface area contributed by atoms with Gasteiger partial charge in [-0.25, -0.2) is 4.98 Å². The van der Waals surface area contributed by atoms with Gasteiger partial charge in [0.1, 0.15) is 4.88 Å². The molecule has 30 heavy (non-hydrogen) atoms. The van der Waals surface area contributed by atoms with Crippen molar-refractivity contribution in [3.63, 3.8) is 0 Å². The van der Waals surface area contributed by atoms with Gasteiger partial charge in [0.2, 0.25) is 5.91 Å². The SMILES string of the molecule is C=CCn1c(SCC(=O)Nc2nc(C)c(C(=O)N(C)C)s2)nnc1-c1ccccc1. The quantitative estimate of drug-likeness (QED) is 0.425. The van der Waals surface area contributed by atoms with Gasteiger partial charge in [-0.3, -0.25) is 14.2 Å². The first kappa shape index (κ1) is 21.7. The molecule has 156 valence electrons. The number of nitrogens with one attached hydrogen (secondary N) is 1. The third-order valence-electron chi connectivity index (χ3n) is 4.04. The van der Waals surface area contributed by atoms with E-state index in [1.54, 1.807) is 27.1 Å². The van der Waals surface area contributed by atoms with Crippen molar-refractivity contribution in [2.45, 2.75) is 18.6 Å². The lowest BCUT2D eigenvalue weighted by atomic mass is 10.2. The monoisotopic (exact) mass is 442 g/mol. The predicted molar refractivity (Wildman–Crippen MR) is 120 cm³/mol. The van der Waals surface area contributed by atoms with Crippen LogP contribution in [0.15, 0.2) is 48.1 Å². The number of carbonyl (C=O) groups is 2. The molecule has 0 aliphatic carbocycles. The van der Waals surface area contributed by atoms with Crippen LogP contribution in [0.5, 0.6) is 0 Å². The molecule has 0 unspecified atom stereocenters. The lowest BCUT2D eigenvalue weighted by molar-refractivity contribution is -0.113. The standard InChI is InChI=1S/C20H22N6O2S2/c1-5-11-26-17(14-9-7-6-8-10-14)23-24-20(26)29-12-15(27)22-19-21-13(2)16(30-19)18(28)25(3)4/h5-10H,1,11-12H2,2-4H3,(H,21,22,27). The number of allylic oxidation sites excluding steroid dienone is 1. The largest absolute Gasteiger partial charge is 0.344 e. The fourth-order valence-corrected chi connectivity index (χ4v) is 4.38. The van der Waals surface area contributed by atoms with Crippen LogP contribution in [-0.2, 0) is 11.3 Å². The number of thioether (sulfide) groups is 1. The molecule has 0 bridgehead atoms. The smallest absolute Gasteiger partial charge is 0.265 e. The lowest BCUT2D eigenvalue weighted by Crippen LogP contribution is -2.21. The van der Waals surface area contributed by atoms with Crippen LogP contribution in [0.3, 0.4) is 0 Å². The molecule has 8 nitrogen and oxygen atoms in total. The highest BCUT2D eigenvalue weighted by Gasteiger charge is 2.19. The zero-order chi connectivity index (χ0) is 21.7. The summed E-state index contributed by atoms with van der Waals surface area (Å²) in [6, 6.07) is 9.74. The third-order valence-corrected chi connectivity index (χ3v) is 6.06. The van der Waals surface area contributed by atoms with E-state index >= 15 is 0 Å². The molecule has 1 aromatic carbocycles. The average molecular weight is 443 g/mol. The Morgan fingerprint density at radius 2 is 2.00 bits per heavy atom. The molecule has 0 aliphatic heterocycles. The zero-order valence-electron chi connectivity index (χ0n) is 17.0. The second-order valence-corrected chi connectivity index (χ2v) is 8.48. The van der Waals surface area contributed by atoms with Crippen LogP contribution in [0.1, 0.15) is 15.4 Å². The van der Waals surface area contributed by atoms with E-state index in [-0.39, 0.29) is 17.6 Å². The van der Waals surface area contributed by atoms with E-state index in [1.165, 1.54) is 28.0 Å². The highest BCUT2D eigenvalue weighted by Crippen LogP contribution is 2.26. The van der Waals surface area contributed by atoms with Gasteiger partial charge in [-0.05, 0) is 6.92 Å². The molecule has 0 saturated heterocycles. The fraction of sp³-hybridized carbons (Fsp3) is 0.250. The predicted octanol–water partition coefficient (Wildman–Crippen LogP) is 3.33. The van der Waals surface area contributed by atoms with Crippen molar-refractivity contribution in [2.24, 2.45) is 0 Å². The van der Waals surface area contributed by atoms with E-state index in [4.69, 9.17) is 0 Å². The zero-order valence-corrected chi connectivity index (χ0v) is 18.6. The van der Waals surface area contributed by atoms with Crippen LogP contribution >= 0.6 is 23.1 Å². The molecule has 0 aliphatic rings. The summed E-state index contributed by atoms with van der Waals surface area (Å²) in [5.41, 5.74) is 1.54. The van der Waals surface area contributed by atoms with Crippen molar-refractivity contribution < 1.29 is 9.59 Å². The fourth-order valence-electron chi connectivity index (χ4n) is 2.63. The second kappa shape index (κ2) is 9.68. The number of nitrogens with zero attached hydrogens (tertiary/aromatic N) is 5. The van der Waals surface area contributed by atoms with Crippen molar-refractivity contribution in [2.75, 3.05) is 25.2 Å². The number of hydrogen-bond donors (Lipinski definition) is 1. The Morgan fingerprint density at radius 3 is 2.67 bits per heavy atom. The molecule has 2 heterocycles. The van der Waals surface area contributed by atoms with Crippen molar-refractivity contribution >= 4 is 40.0 Å². The van der Waals surface area contributed by atoms with Crippen molar-refractivity contribution in [1.82, 2.24) is 24.6 Å². The molecule has 0 fully saturated rings. The molecule has 0 atom stereocenters. The van der Waals surface area contributed by atoms with Gasteiger partial charge >= 0.3 is 0 Å². The molecule has 3 aromatic rings. The van der Waals surface area contributed by atoms with Gasteiger partial charge in [0.05, 0.1) is 11.4 Å². The van der Waals surface area contributed by atoms with E-state index in [0.29, 0.717) is 27.4 Å². The highest BCUT2D eigenvalue weighted by molar-refractivity contribution is 7.99. The molecule has 0 saturated carbocycles. The Morgan fingerprint density at radius 1 is 1.27 bits per heavy atom. The van der Waals surface area contributed by atoms with E-state index < -0.39 is 0 Å². The highest BCUT2D eigenvalue weighted by atomic mass is 32.2. The van der Waals surface area contributed by atoms with Gasteiger partial charge in [-0.1, -0.05) is 59.5 Å². The molecule has 10 heteroatoms. The minimum absolute atomic E-state index is 0.133. The minimum atomic E-state index is -0.230. The van der Waals surface area contributed by atoms with Crippen molar-refractivity contribution in [3.8, 4) is 11.4 Å². The van der Waals surface area contributed by atoms with Crippen LogP contribution in [0.25, 0.3) is 11.4 Å². The first-order chi connectivity index (χ1) is 14.4. The summed E-state index contributed by atoms with van der Waals surface area (Å²) >= 11 is 2.45. The Balaban J connectivity index is 1.68. The van der Waals surface area contributed by atoms with E-state index in [9.17, 15) is 9.59 Å². The molecular weight excluding hydrogens is 420 g/mol. The summed E-state index contributed by atoms with van der Waals surface area (Å²) in [6.45, 7) is 6.08. The van der Waals surface area contributed by atoms with Gasteiger partial charge < -0.3 is 10.2 Å². The second-order valence-electron chi connectivity index (χ2n) is 6.54. The van der Waals surface area contributed by atoms with E-state index in [0.717, 1.165) is 11.4 Å². The molecular formula is C20H22N6O2S2. The van der Waals surface area contributed by atoms with Gasteiger partial charge in [-0.2, -0.15) is 0 Å². The Hall–Kier alpha value is -2.98. The van der Waals surface area contributed by atoms with Crippen LogP contribution in [0, 0.1) is 6.92 Å². The molecule has 2 amide bonds. The minimum Gasteiger partial charge on any atom is -0.344 e. The third kappa shape index (κ3) is 4.95. The first-order valence-corrected chi connectivity index (χ1v) is 10.9. The summed E-state index contributed by atoms with van der Waals surface area (Å²) in [5, 5.41) is 12.3. The number of amides is 2. The number of anilines is 1. The number of benzene rings is 1. The summed E-state index contributed by atoms with van der Waals surface area (Å²) in [4.78, 5) is 30.8. The number of hydrogen-bond acceptors (Lipinski definition) is 7. The summed E-state index contributed by atoms with van der Waals surface area (Å²) in [7, 11) is 3.36. The summed E-state index contributed by atoms with van der Waals surface area (Å²) in [5.74, 6) is 0.498. The van der Waals surface area contributed by atoms with Crippen LogP contribution in [0.4, 0.5) is 5.13 Å². The van der Waals surface area contributed by atoms with Crippen molar-refractivity contribution in [1.29, 1.82) is 0 Å². The average Bonchev–Trinajstić information content (AvgIpc) is 3.29. The first-order valence-electron chi connectivity index (χ1n) is 9.12. The summed E-state index contributed by atoms with van der Waals surface area (Å²) < 4.78 is 1.92. The maximum Gasteiger partial charge on any atom is 0.265 e. The van der Waals surface area contributed by atoms with E-state index in [2.05, 4.69) is 27.1 Å². The number of aryl methyl sites for hydroxylation is 1. The van der Waals surface area contributed by atoms with Gasteiger partial charge in [-0.15, -0.1) is 16.8 Å². The maximum atomic E-state index is 12.4. The number of rotatable bonds is 8. The number of aromatic nitrogens is 4. The molecule has 0 radical (unpaired) electrons. The van der Waals surface area contributed by atoms with Gasteiger partial charge in [0.25, 0.3) is 5.91 Å². The van der Waals surface area contributed by atoms with Gasteiger partial charge in [0, 0.05) is 26.2 Å². The molecule has 1 N–H and O–H groups in total. The molecule has 3 rings (SSSR count). The van der Waals surface area contributed by atoms with E-state index in [1.807, 2.05) is 34.9 Å². The van der Waals surface area contributed by atoms with Crippen LogP contribution in [0.2, 0.25) is 0 Å². The number of thiazole rings is 1. The maximum absolute atomic E-state index is 12.4. The van der Waals surface area contributed by atoms with Crippen LogP contribution < -0.4 is 5.32 Å². The Bertz CT molecular complexity index is 1060. The van der Waals surface area contributed by atoms with Crippen molar-refractivity contribution in [3.05, 3.63) is 53.6 Å². The molecule has 2 aromatic heterocycles. The van der Waals surface area contributed by atoms with Crippen LogP contribution in [-0.4, -0.2) is 56.3 Å². The van der Waals surface area contributed by atoms with Gasteiger partial charge in [0.15, 0.2) is 16.1 Å². The molecule has 0 spiro atoms. The Labute approximate surface area is 183 Å². The Kier molecular flexibility index (Phi) is 7.01. The number of carbonyl (C=O) groups excluding carboxylic acids is 2. The summed E-state index contributed by atoms with van der Waals surface area (Å²) in [6.07, 6.45) is 1.77. The lowest BCUT2D eigenvalue weighted by Gasteiger charge is -2.08. The topological polar surface area (TPSA) is 93.0 Å². The normalized spacial score (nSPS) is 10.6.